The van der Waals surface area contributed by atoms with Gasteiger partial charge in [0, 0.05) is 12.6 Å². The first-order valence-corrected chi connectivity index (χ1v) is 6.51. The van der Waals surface area contributed by atoms with Crippen molar-refractivity contribution in [1.29, 1.82) is 0 Å². The summed E-state index contributed by atoms with van der Waals surface area (Å²) in [6.07, 6.45) is 2.03. The SMILES string of the molecule is CSc1nc2ccc(CN)nc2n1C(C)C. The summed E-state index contributed by atoms with van der Waals surface area (Å²) in [6, 6.07) is 4.28. The Kier molecular flexibility index (Phi) is 3.16. The van der Waals surface area contributed by atoms with Crippen LogP contribution in [0.4, 0.5) is 0 Å². The molecule has 0 saturated heterocycles. The average molecular weight is 236 g/mol. The maximum Gasteiger partial charge on any atom is 0.170 e. The van der Waals surface area contributed by atoms with Crippen LogP contribution in [0.5, 0.6) is 0 Å². The van der Waals surface area contributed by atoms with Crippen LogP contribution in [-0.2, 0) is 6.54 Å². The van der Waals surface area contributed by atoms with Crippen LogP contribution in [0.1, 0.15) is 25.6 Å². The van der Waals surface area contributed by atoms with E-state index in [2.05, 4.69) is 28.4 Å². The first-order chi connectivity index (χ1) is 7.67. The molecule has 0 fully saturated rings. The van der Waals surface area contributed by atoms with Crippen LogP contribution in [0.3, 0.4) is 0 Å². The molecule has 5 heteroatoms. The van der Waals surface area contributed by atoms with E-state index in [1.54, 1.807) is 11.8 Å². The lowest BCUT2D eigenvalue weighted by atomic mass is 10.3. The minimum Gasteiger partial charge on any atom is -0.325 e. The number of thioether (sulfide) groups is 1. The smallest absolute Gasteiger partial charge is 0.170 e. The molecule has 0 spiro atoms. The number of rotatable bonds is 3. The van der Waals surface area contributed by atoms with Crippen LogP contribution in [0.25, 0.3) is 11.2 Å². The number of fused-ring (bicyclic) bond motifs is 1. The van der Waals surface area contributed by atoms with Crippen molar-refractivity contribution in [1.82, 2.24) is 14.5 Å². The predicted molar refractivity (Wildman–Crippen MR) is 67.6 cm³/mol. The Morgan fingerprint density at radius 3 is 2.69 bits per heavy atom. The molecule has 2 aromatic heterocycles. The molecule has 0 radical (unpaired) electrons. The Hall–Kier alpha value is -1.07. The van der Waals surface area contributed by atoms with Crippen molar-refractivity contribution >= 4 is 22.9 Å². The van der Waals surface area contributed by atoms with Crippen LogP contribution in [0, 0.1) is 0 Å². The van der Waals surface area contributed by atoms with E-state index in [0.29, 0.717) is 12.6 Å². The van der Waals surface area contributed by atoms with Crippen molar-refractivity contribution < 1.29 is 0 Å². The summed E-state index contributed by atoms with van der Waals surface area (Å²) < 4.78 is 2.15. The van der Waals surface area contributed by atoms with Gasteiger partial charge in [-0.25, -0.2) is 9.97 Å². The summed E-state index contributed by atoms with van der Waals surface area (Å²) in [5, 5.41) is 1.01. The van der Waals surface area contributed by atoms with E-state index in [9.17, 15) is 0 Å². The van der Waals surface area contributed by atoms with Crippen molar-refractivity contribution in [2.75, 3.05) is 6.26 Å². The average Bonchev–Trinajstić information content (AvgIpc) is 2.65. The quantitative estimate of drug-likeness (QED) is 0.830. The Bertz CT molecular complexity index is 504. The molecule has 0 aliphatic rings. The third kappa shape index (κ3) is 1.81. The van der Waals surface area contributed by atoms with Gasteiger partial charge >= 0.3 is 0 Å². The maximum absolute atomic E-state index is 5.61. The van der Waals surface area contributed by atoms with E-state index in [1.165, 1.54) is 0 Å². The third-order valence-electron chi connectivity index (χ3n) is 2.47. The predicted octanol–water partition coefficient (Wildman–Crippen LogP) is 2.19. The number of hydrogen-bond acceptors (Lipinski definition) is 4. The van der Waals surface area contributed by atoms with Crippen molar-refractivity contribution in [3.8, 4) is 0 Å². The van der Waals surface area contributed by atoms with E-state index in [4.69, 9.17) is 5.73 Å². The minimum atomic E-state index is 0.355. The topological polar surface area (TPSA) is 56.7 Å². The highest BCUT2D eigenvalue weighted by atomic mass is 32.2. The van der Waals surface area contributed by atoms with Gasteiger partial charge in [-0.05, 0) is 32.2 Å². The highest BCUT2D eigenvalue weighted by Gasteiger charge is 2.13. The Morgan fingerprint density at radius 1 is 1.38 bits per heavy atom. The van der Waals surface area contributed by atoms with Gasteiger partial charge in [-0.2, -0.15) is 0 Å². The van der Waals surface area contributed by atoms with E-state index in [1.807, 2.05) is 18.4 Å². The molecule has 2 aromatic rings. The van der Waals surface area contributed by atoms with E-state index >= 15 is 0 Å². The molecule has 0 bridgehead atoms. The monoisotopic (exact) mass is 236 g/mol. The summed E-state index contributed by atoms with van der Waals surface area (Å²) in [4.78, 5) is 9.10. The summed E-state index contributed by atoms with van der Waals surface area (Å²) >= 11 is 1.64. The molecule has 0 aliphatic carbocycles. The van der Waals surface area contributed by atoms with Crippen LogP contribution < -0.4 is 5.73 Å². The largest absolute Gasteiger partial charge is 0.325 e. The second-order valence-corrected chi connectivity index (χ2v) is 4.69. The highest BCUT2D eigenvalue weighted by molar-refractivity contribution is 7.98. The number of imidazole rings is 1. The normalized spacial score (nSPS) is 11.6. The number of hydrogen-bond donors (Lipinski definition) is 1. The minimum absolute atomic E-state index is 0.355. The zero-order valence-corrected chi connectivity index (χ0v) is 10.6. The molecule has 0 saturated carbocycles. The first kappa shape index (κ1) is 11.4. The van der Waals surface area contributed by atoms with Crippen molar-refractivity contribution in [2.24, 2.45) is 5.73 Å². The number of pyridine rings is 1. The van der Waals surface area contributed by atoms with Gasteiger partial charge in [-0.15, -0.1) is 0 Å². The fourth-order valence-corrected chi connectivity index (χ4v) is 2.40. The van der Waals surface area contributed by atoms with Crippen molar-refractivity contribution in [3.05, 3.63) is 17.8 Å². The van der Waals surface area contributed by atoms with Crippen LogP contribution in [0.2, 0.25) is 0 Å². The van der Waals surface area contributed by atoms with Gasteiger partial charge < -0.3 is 10.3 Å². The number of aromatic nitrogens is 3. The summed E-state index contributed by atoms with van der Waals surface area (Å²) in [6.45, 7) is 4.74. The van der Waals surface area contributed by atoms with Crippen LogP contribution >= 0.6 is 11.8 Å². The summed E-state index contributed by atoms with van der Waals surface area (Å²) in [7, 11) is 0. The highest BCUT2D eigenvalue weighted by Crippen LogP contribution is 2.25. The second-order valence-electron chi connectivity index (χ2n) is 3.91. The molecule has 0 aromatic carbocycles. The molecule has 0 amide bonds. The zero-order chi connectivity index (χ0) is 11.7. The molecule has 0 atom stereocenters. The second kappa shape index (κ2) is 4.43. The van der Waals surface area contributed by atoms with Gasteiger partial charge in [-0.1, -0.05) is 11.8 Å². The van der Waals surface area contributed by atoms with Gasteiger partial charge in [0.15, 0.2) is 10.8 Å². The van der Waals surface area contributed by atoms with Gasteiger partial charge in [-0.3, -0.25) is 0 Å². The van der Waals surface area contributed by atoms with Gasteiger partial charge in [0.1, 0.15) is 5.52 Å². The molecule has 86 valence electrons. The Morgan fingerprint density at radius 2 is 2.12 bits per heavy atom. The molecule has 2 heterocycles. The zero-order valence-electron chi connectivity index (χ0n) is 9.77. The molecule has 0 unspecified atom stereocenters. The number of nitrogens with two attached hydrogens (primary N) is 1. The van der Waals surface area contributed by atoms with Crippen LogP contribution in [0.15, 0.2) is 17.3 Å². The van der Waals surface area contributed by atoms with Crippen molar-refractivity contribution in [2.45, 2.75) is 31.6 Å². The lowest BCUT2D eigenvalue weighted by molar-refractivity contribution is 0.562. The number of nitrogens with zero attached hydrogens (tertiary/aromatic N) is 3. The lowest BCUT2D eigenvalue weighted by Gasteiger charge is -2.10. The molecular formula is C11H16N4S. The molecule has 4 nitrogen and oxygen atoms in total. The van der Waals surface area contributed by atoms with Crippen molar-refractivity contribution in [3.63, 3.8) is 0 Å². The van der Waals surface area contributed by atoms with Gasteiger partial charge in [0.25, 0.3) is 0 Å². The van der Waals surface area contributed by atoms with Gasteiger partial charge in [0.2, 0.25) is 0 Å². The molecule has 2 N–H and O–H groups in total. The van der Waals surface area contributed by atoms with E-state index < -0.39 is 0 Å². The lowest BCUT2D eigenvalue weighted by Crippen LogP contribution is -2.05. The summed E-state index contributed by atoms with van der Waals surface area (Å²) in [5.41, 5.74) is 8.39. The van der Waals surface area contributed by atoms with E-state index in [-0.39, 0.29) is 0 Å². The van der Waals surface area contributed by atoms with Gasteiger partial charge in [0.05, 0.1) is 5.69 Å². The molecule has 16 heavy (non-hydrogen) atoms. The Labute approximate surface area is 99.3 Å². The Balaban J connectivity index is 2.70. The van der Waals surface area contributed by atoms with Crippen LogP contribution in [-0.4, -0.2) is 20.8 Å². The molecular weight excluding hydrogens is 220 g/mol. The van der Waals surface area contributed by atoms with E-state index in [0.717, 1.165) is 22.0 Å². The first-order valence-electron chi connectivity index (χ1n) is 5.29. The summed E-state index contributed by atoms with van der Waals surface area (Å²) in [5.74, 6) is 0. The fraction of sp³-hybridized carbons (Fsp3) is 0.455. The molecule has 2 rings (SSSR count). The third-order valence-corrected chi connectivity index (χ3v) is 3.12. The molecule has 0 aliphatic heterocycles. The fourth-order valence-electron chi connectivity index (χ4n) is 1.72. The maximum atomic E-state index is 5.61. The standard InChI is InChI=1S/C11H16N4S/c1-7(2)15-10-9(14-11(15)16-3)5-4-8(6-12)13-10/h4-5,7H,6,12H2,1-3H3.